The van der Waals surface area contributed by atoms with Crippen molar-refractivity contribution in [2.24, 2.45) is 0 Å². The molecular weight excluding hydrogens is 472 g/mol. The lowest BCUT2D eigenvalue weighted by Gasteiger charge is -2.47. The highest BCUT2D eigenvalue weighted by Gasteiger charge is 2.48. The summed E-state index contributed by atoms with van der Waals surface area (Å²) in [4.78, 5) is 36.2. The number of H-pyrrole nitrogens is 1. The van der Waals surface area contributed by atoms with E-state index < -0.39 is 12.1 Å². The summed E-state index contributed by atoms with van der Waals surface area (Å²) in [6, 6.07) is 12.9. The average molecular weight is 506 g/mol. The van der Waals surface area contributed by atoms with Crippen LogP contribution in [0.15, 0.2) is 42.5 Å². The van der Waals surface area contributed by atoms with Crippen LogP contribution in [0.4, 0.5) is 0 Å². The van der Waals surface area contributed by atoms with Gasteiger partial charge in [0.25, 0.3) is 0 Å². The van der Waals surface area contributed by atoms with E-state index in [-0.39, 0.29) is 18.4 Å². The summed E-state index contributed by atoms with van der Waals surface area (Å²) in [6.45, 7) is 4.86. The number of methoxy groups -OCH3 is 2. The van der Waals surface area contributed by atoms with Gasteiger partial charge in [-0.05, 0) is 29.3 Å². The molecule has 9 heteroatoms. The lowest BCUT2D eigenvalue weighted by Crippen LogP contribution is -3.14. The van der Waals surface area contributed by atoms with E-state index in [9.17, 15) is 9.59 Å². The highest BCUT2D eigenvalue weighted by molar-refractivity contribution is 5.97. The molecule has 0 bridgehead atoms. The Kier molecular flexibility index (Phi) is 6.26. The number of para-hydroxylation sites is 1. The number of quaternary nitrogens is 1. The monoisotopic (exact) mass is 505 g/mol. The van der Waals surface area contributed by atoms with E-state index in [0.29, 0.717) is 24.5 Å². The first-order valence-corrected chi connectivity index (χ1v) is 12.9. The fourth-order valence-corrected chi connectivity index (χ4v) is 6.09. The standard InChI is InChI=1S/C28H32N4O5/c1-35-23-8-7-18(15-24(23)36-2)27-26-20(19-5-3-4-6-21(19)29-26)16-22-28(34)31(17-25(33)32(22)27)10-9-30-11-13-37-14-12-30/h3-8,15,22,27,29H,9-14,16-17H2,1-2H3/p+1/t22-,27+/m0/s1. The highest BCUT2D eigenvalue weighted by Crippen LogP contribution is 2.44. The molecule has 3 aliphatic rings. The number of aromatic amines is 1. The number of carbonyl (C=O) groups excluding carboxylic acids is 2. The van der Waals surface area contributed by atoms with Gasteiger partial charge in [-0.3, -0.25) is 9.59 Å². The molecule has 9 nitrogen and oxygen atoms in total. The average Bonchev–Trinajstić information content (AvgIpc) is 3.31. The van der Waals surface area contributed by atoms with Gasteiger partial charge in [-0.1, -0.05) is 24.3 Å². The normalized spacial score (nSPS) is 22.2. The Hall–Kier alpha value is -3.56. The summed E-state index contributed by atoms with van der Waals surface area (Å²) in [6.07, 6.45) is 0.495. The summed E-state index contributed by atoms with van der Waals surface area (Å²) >= 11 is 0. The summed E-state index contributed by atoms with van der Waals surface area (Å²) < 4.78 is 16.5. The highest BCUT2D eigenvalue weighted by atomic mass is 16.5. The molecule has 2 amide bonds. The molecule has 2 fully saturated rings. The van der Waals surface area contributed by atoms with Gasteiger partial charge in [-0.25, -0.2) is 0 Å². The molecule has 2 N–H and O–H groups in total. The Morgan fingerprint density at radius 1 is 1.05 bits per heavy atom. The number of carbonyl (C=O) groups is 2. The molecular formula is C28H33N4O5+. The first kappa shape index (κ1) is 23.8. The second-order valence-electron chi connectivity index (χ2n) is 9.97. The number of rotatable bonds is 6. The van der Waals surface area contributed by atoms with E-state index >= 15 is 0 Å². The zero-order chi connectivity index (χ0) is 25.5. The lowest BCUT2D eigenvalue weighted by molar-refractivity contribution is -0.907. The zero-order valence-corrected chi connectivity index (χ0v) is 21.3. The summed E-state index contributed by atoms with van der Waals surface area (Å²) in [5, 5.41) is 1.10. The molecule has 2 saturated heterocycles. The van der Waals surface area contributed by atoms with Crippen LogP contribution in [0, 0.1) is 0 Å². The SMILES string of the molecule is COc1ccc([C@@H]2c3[nH]c4ccccc4c3C[C@H]3C(=O)N(CC[NH+]4CCOCC4)CC(=O)N23)cc1OC. The van der Waals surface area contributed by atoms with Crippen LogP contribution in [-0.4, -0.2) is 92.8 Å². The molecule has 1 aromatic heterocycles. The van der Waals surface area contributed by atoms with Crippen LogP contribution in [0.3, 0.4) is 0 Å². The van der Waals surface area contributed by atoms with E-state index in [4.69, 9.17) is 14.2 Å². The molecule has 0 spiro atoms. The number of hydrogen-bond acceptors (Lipinski definition) is 5. The number of ether oxygens (including phenoxy) is 3. The number of nitrogens with zero attached hydrogens (tertiary/aromatic N) is 2. The van der Waals surface area contributed by atoms with Gasteiger partial charge < -0.3 is 33.9 Å². The van der Waals surface area contributed by atoms with Crippen molar-refractivity contribution in [1.29, 1.82) is 0 Å². The number of benzene rings is 2. The number of hydrogen-bond donors (Lipinski definition) is 2. The third kappa shape index (κ3) is 4.12. The minimum Gasteiger partial charge on any atom is -0.493 e. The van der Waals surface area contributed by atoms with E-state index in [1.54, 1.807) is 24.0 Å². The van der Waals surface area contributed by atoms with Gasteiger partial charge >= 0.3 is 0 Å². The van der Waals surface area contributed by atoms with Crippen molar-refractivity contribution in [1.82, 2.24) is 14.8 Å². The van der Waals surface area contributed by atoms with Gasteiger partial charge in [-0.15, -0.1) is 0 Å². The van der Waals surface area contributed by atoms with Crippen LogP contribution in [0.2, 0.25) is 0 Å². The molecule has 2 aromatic carbocycles. The van der Waals surface area contributed by atoms with Crippen LogP contribution in [0.1, 0.15) is 22.9 Å². The van der Waals surface area contributed by atoms with Crippen LogP contribution in [-0.2, 0) is 20.7 Å². The third-order valence-electron chi connectivity index (χ3n) is 8.00. The van der Waals surface area contributed by atoms with Crippen LogP contribution >= 0.6 is 0 Å². The maximum Gasteiger partial charge on any atom is 0.246 e. The summed E-state index contributed by atoms with van der Waals surface area (Å²) in [7, 11) is 3.20. The number of aromatic nitrogens is 1. The van der Waals surface area contributed by atoms with Crippen LogP contribution in [0.5, 0.6) is 11.5 Å². The van der Waals surface area contributed by atoms with Crippen molar-refractivity contribution in [2.45, 2.75) is 18.5 Å². The van der Waals surface area contributed by atoms with Gasteiger partial charge in [0.05, 0.1) is 46.6 Å². The Bertz CT molecular complexity index is 1330. The van der Waals surface area contributed by atoms with Gasteiger partial charge in [0.15, 0.2) is 11.5 Å². The molecule has 0 radical (unpaired) electrons. The minimum absolute atomic E-state index is 0.0219. The van der Waals surface area contributed by atoms with E-state index in [1.165, 1.54) is 4.90 Å². The first-order chi connectivity index (χ1) is 18.1. The van der Waals surface area contributed by atoms with E-state index in [1.807, 2.05) is 36.4 Å². The Balaban J connectivity index is 1.39. The predicted molar refractivity (Wildman–Crippen MR) is 137 cm³/mol. The number of fused-ring (bicyclic) bond motifs is 4. The van der Waals surface area contributed by atoms with Crippen molar-refractivity contribution >= 4 is 22.7 Å². The van der Waals surface area contributed by atoms with Crippen molar-refractivity contribution in [3.05, 3.63) is 59.3 Å². The van der Waals surface area contributed by atoms with Crippen molar-refractivity contribution < 1.29 is 28.7 Å². The summed E-state index contributed by atoms with van der Waals surface area (Å²) in [5.41, 5.74) is 3.93. The zero-order valence-electron chi connectivity index (χ0n) is 21.3. The predicted octanol–water partition coefficient (Wildman–Crippen LogP) is 0.785. The number of amides is 2. The number of nitrogens with one attached hydrogen (secondary N) is 2. The maximum absolute atomic E-state index is 13.9. The number of piperazine rings is 1. The maximum atomic E-state index is 13.9. The molecule has 4 heterocycles. The van der Waals surface area contributed by atoms with Crippen molar-refractivity contribution in [3.8, 4) is 11.5 Å². The molecule has 2 atom stereocenters. The summed E-state index contributed by atoms with van der Waals surface area (Å²) in [5.74, 6) is 1.19. The fraction of sp³-hybridized carbons (Fsp3) is 0.429. The van der Waals surface area contributed by atoms with Gasteiger partial charge in [0.1, 0.15) is 25.7 Å². The Morgan fingerprint density at radius 2 is 1.84 bits per heavy atom. The van der Waals surface area contributed by atoms with Crippen molar-refractivity contribution in [2.75, 3.05) is 60.2 Å². The molecule has 0 aliphatic carbocycles. The van der Waals surface area contributed by atoms with Gasteiger partial charge in [-0.2, -0.15) is 0 Å². The Labute approximate surface area is 215 Å². The van der Waals surface area contributed by atoms with E-state index in [0.717, 1.165) is 60.6 Å². The van der Waals surface area contributed by atoms with Crippen LogP contribution < -0.4 is 14.4 Å². The molecule has 0 unspecified atom stereocenters. The first-order valence-electron chi connectivity index (χ1n) is 12.9. The fourth-order valence-electron chi connectivity index (χ4n) is 6.09. The largest absolute Gasteiger partial charge is 0.493 e. The molecule has 194 valence electrons. The van der Waals surface area contributed by atoms with Gasteiger partial charge in [0.2, 0.25) is 11.8 Å². The smallest absolute Gasteiger partial charge is 0.246 e. The second-order valence-corrected chi connectivity index (χ2v) is 9.97. The lowest BCUT2D eigenvalue weighted by atomic mass is 9.86. The third-order valence-corrected chi connectivity index (χ3v) is 8.00. The molecule has 3 aromatic rings. The van der Waals surface area contributed by atoms with Crippen molar-refractivity contribution in [3.63, 3.8) is 0 Å². The molecule has 37 heavy (non-hydrogen) atoms. The molecule has 3 aliphatic heterocycles. The minimum atomic E-state index is -0.550. The quantitative estimate of drug-likeness (QED) is 0.517. The van der Waals surface area contributed by atoms with E-state index in [2.05, 4.69) is 11.1 Å². The second kappa shape index (κ2) is 9.72. The van der Waals surface area contributed by atoms with Crippen LogP contribution in [0.25, 0.3) is 10.9 Å². The molecule has 0 saturated carbocycles. The van der Waals surface area contributed by atoms with Gasteiger partial charge in [0, 0.05) is 23.0 Å². The molecule has 6 rings (SSSR count). The Morgan fingerprint density at radius 3 is 2.62 bits per heavy atom. The topological polar surface area (TPSA) is 88.5 Å². The number of morpholine rings is 1.